The molecule has 2 atom stereocenters. The van der Waals surface area contributed by atoms with E-state index in [1.807, 2.05) is 0 Å². The summed E-state index contributed by atoms with van der Waals surface area (Å²) in [4.78, 5) is 0. The largest absolute Gasteiger partial charge is 0.415 e. The van der Waals surface area contributed by atoms with Crippen molar-refractivity contribution >= 4 is 0 Å². The molecule has 0 unspecified atom stereocenters. The Bertz CT molecular complexity index is 168. The van der Waals surface area contributed by atoms with Crippen molar-refractivity contribution in [2.24, 2.45) is 0 Å². The van der Waals surface area contributed by atoms with E-state index in [1.165, 1.54) is 0 Å². The zero-order valence-corrected chi connectivity index (χ0v) is 7.68. The van der Waals surface area contributed by atoms with Gasteiger partial charge < -0.3 is 15.2 Å². The van der Waals surface area contributed by atoms with Gasteiger partial charge in [-0.2, -0.15) is 13.2 Å². The van der Waals surface area contributed by atoms with Gasteiger partial charge >= 0.3 is 6.18 Å². The summed E-state index contributed by atoms with van der Waals surface area (Å²) in [6.07, 6.45) is -5.01. The Hall–Kier alpha value is -0.330. The van der Waals surface area contributed by atoms with Crippen molar-refractivity contribution in [1.29, 1.82) is 0 Å². The highest BCUT2D eigenvalue weighted by molar-refractivity contribution is 4.72. The Labute approximate surface area is 80.2 Å². The van der Waals surface area contributed by atoms with Gasteiger partial charge in [0.25, 0.3) is 0 Å². The minimum Gasteiger partial charge on any atom is -0.382 e. The minimum absolute atomic E-state index is 0.00423. The Balaban J connectivity index is 2.08. The van der Waals surface area contributed by atoms with E-state index < -0.39 is 18.8 Å². The Morgan fingerprint density at radius 2 is 2.21 bits per heavy atom. The van der Waals surface area contributed by atoms with Crippen molar-refractivity contribution < 1.29 is 23.0 Å². The van der Waals surface area contributed by atoms with Crippen LogP contribution >= 0.6 is 0 Å². The van der Waals surface area contributed by atoms with Crippen LogP contribution < -0.4 is 5.32 Å². The second-order valence-corrected chi connectivity index (χ2v) is 3.35. The van der Waals surface area contributed by atoms with Crippen molar-refractivity contribution in [3.05, 3.63) is 0 Å². The summed E-state index contributed by atoms with van der Waals surface area (Å²) in [6, 6.07) is 0. The van der Waals surface area contributed by atoms with Crippen LogP contribution in [0.15, 0.2) is 0 Å². The number of hydrogen-bond donors (Lipinski definition) is 2. The molecule has 0 aromatic carbocycles. The Morgan fingerprint density at radius 3 is 2.71 bits per heavy atom. The number of alkyl halides is 3. The molecule has 1 aliphatic heterocycles. The maximum absolute atomic E-state index is 11.8. The molecular weight excluding hydrogens is 199 g/mol. The van der Waals surface area contributed by atoms with Crippen LogP contribution in [0.1, 0.15) is 12.8 Å². The smallest absolute Gasteiger partial charge is 0.382 e. The van der Waals surface area contributed by atoms with Crippen LogP contribution in [0.4, 0.5) is 13.2 Å². The SMILES string of the molecule is O[C@@H](CNC[C@@H]1CCCO1)C(F)(F)F. The van der Waals surface area contributed by atoms with Gasteiger partial charge in [0.05, 0.1) is 6.10 Å². The average Bonchev–Trinajstić information content (AvgIpc) is 2.55. The number of hydrogen-bond acceptors (Lipinski definition) is 3. The van der Waals surface area contributed by atoms with E-state index in [1.54, 1.807) is 0 Å². The molecule has 0 saturated carbocycles. The molecule has 1 aliphatic rings. The average molecular weight is 213 g/mol. The summed E-state index contributed by atoms with van der Waals surface area (Å²) in [5.74, 6) is 0. The summed E-state index contributed by atoms with van der Waals surface area (Å²) >= 11 is 0. The lowest BCUT2D eigenvalue weighted by atomic mass is 10.2. The highest BCUT2D eigenvalue weighted by Gasteiger charge is 2.37. The van der Waals surface area contributed by atoms with E-state index in [4.69, 9.17) is 9.84 Å². The maximum Gasteiger partial charge on any atom is 0.415 e. The minimum atomic E-state index is -4.54. The normalized spacial score (nSPS) is 25.3. The van der Waals surface area contributed by atoms with Gasteiger partial charge in [0.15, 0.2) is 6.10 Å². The van der Waals surface area contributed by atoms with E-state index in [0.29, 0.717) is 13.2 Å². The quantitative estimate of drug-likeness (QED) is 0.721. The van der Waals surface area contributed by atoms with Crippen LogP contribution in [0.5, 0.6) is 0 Å². The van der Waals surface area contributed by atoms with Crippen molar-refractivity contribution in [2.45, 2.75) is 31.2 Å². The molecule has 3 nitrogen and oxygen atoms in total. The first kappa shape index (κ1) is 11.7. The van der Waals surface area contributed by atoms with Crippen LogP contribution in [0, 0.1) is 0 Å². The molecule has 6 heteroatoms. The lowest BCUT2D eigenvalue weighted by molar-refractivity contribution is -0.202. The number of rotatable bonds is 4. The van der Waals surface area contributed by atoms with Crippen molar-refractivity contribution in [2.75, 3.05) is 19.7 Å². The number of aliphatic hydroxyl groups is 1. The van der Waals surface area contributed by atoms with Gasteiger partial charge in [0.1, 0.15) is 0 Å². The van der Waals surface area contributed by atoms with Gasteiger partial charge in [0.2, 0.25) is 0 Å². The lowest BCUT2D eigenvalue weighted by Crippen LogP contribution is -2.40. The van der Waals surface area contributed by atoms with Gasteiger partial charge in [-0.05, 0) is 12.8 Å². The Morgan fingerprint density at radius 1 is 1.50 bits per heavy atom. The van der Waals surface area contributed by atoms with Crippen LogP contribution in [0.2, 0.25) is 0 Å². The molecule has 0 radical (unpaired) electrons. The van der Waals surface area contributed by atoms with E-state index in [0.717, 1.165) is 12.8 Å². The number of halogens is 3. The fourth-order valence-electron chi connectivity index (χ4n) is 1.30. The predicted molar refractivity (Wildman–Crippen MR) is 43.9 cm³/mol. The molecule has 0 aromatic heterocycles. The molecule has 84 valence electrons. The highest BCUT2D eigenvalue weighted by Crippen LogP contribution is 2.19. The fourth-order valence-corrected chi connectivity index (χ4v) is 1.30. The summed E-state index contributed by atoms with van der Waals surface area (Å²) < 4.78 is 40.7. The summed E-state index contributed by atoms with van der Waals surface area (Å²) in [5.41, 5.74) is 0. The highest BCUT2D eigenvalue weighted by atomic mass is 19.4. The predicted octanol–water partition coefficient (Wildman–Crippen LogP) is 0.678. The molecule has 2 N–H and O–H groups in total. The lowest BCUT2D eigenvalue weighted by Gasteiger charge is -2.16. The topological polar surface area (TPSA) is 41.5 Å². The summed E-state index contributed by atoms with van der Waals surface area (Å²) in [5, 5.41) is 11.2. The third kappa shape index (κ3) is 3.81. The second-order valence-electron chi connectivity index (χ2n) is 3.35. The molecule has 0 aromatic rings. The van der Waals surface area contributed by atoms with Gasteiger partial charge in [-0.25, -0.2) is 0 Å². The molecule has 0 bridgehead atoms. The van der Waals surface area contributed by atoms with Gasteiger partial charge in [-0.1, -0.05) is 0 Å². The van der Waals surface area contributed by atoms with Gasteiger partial charge in [-0.3, -0.25) is 0 Å². The third-order valence-corrected chi connectivity index (χ3v) is 2.11. The van der Waals surface area contributed by atoms with Crippen LogP contribution in [-0.4, -0.2) is 43.2 Å². The van der Waals surface area contributed by atoms with Crippen LogP contribution in [-0.2, 0) is 4.74 Å². The summed E-state index contributed by atoms with van der Waals surface area (Å²) in [6.45, 7) is 0.574. The van der Waals surface area contributed by atoms with Crippen molar-refractivity contribution in [1.82, 2.24) is 5.32 Å². The van der Waals surface area contributed by atoms with Crippen molar-refractivity contribution in [3.63, 3.8) is 0 Å². The number of nitrogens with one attached hydrogen (secondary N) is 1. The molecule has 1 fully saturated rings. The second kappa shape index (κ2) is 4.95. The Kier molecular flexibility index (Phi) is 4.15. The van der Waals surface area contributed by atoms with E-state index in [2.05, 4.69) is 5.32 Å². The molecule has 14 heavy (non-hydrogen) atoms. The van der Waals surface area contributed by atoms with Gasteiger partial charge in [0, 0.05) is 19.7 Å². The van der Waals surface area contributed by atoms with Crippen molar-refractivity contribution in [3.8, 4) is 0 Å². The molecule has 0 spiro atoms. The first-order valence-electron chi connectivity index (χ1n) is 4.57. The molecular formula is C8H14F3NO2. The maximum atomic E-state index is 11.8. The first-order chi connectivity index (χ1) is 6.50. The molecule has 1 rings (SSSR count). The van der Waals surface area contributed by atoms with E-state index in [-0.39, 0.29) is 6.10 Å². The molecule has 1 heterocycles. The van der Waals surface area contributed by atoms with E-state index in [9.17, 15) is 13.2 Å². The molecule has 1 saturated heterocycles. The number of aliphatic hydroxyl groups excluding tert-OH is 1. The third-order valence-electron chi connectivity index (χ3n) is 2.11. The molecule has 0 amide bonds. The fraction of sp³-hybridized carbons (Fsp3) is 1.00. The van der Waals surface area contributed by atoms with Gasteiger partial charge in [-0.15, -0.1) is 0 Å². The van der Waals surface area contributed by atoms with Crippen LogP contribution in [0.25, 0.3) is 0 Å². The molecule has 0 aliphatic carbocycles. The zero-order valence-electron chi connectivity index (χ0n) is 7.68. The standard InChI is InChI=1S/C8H14F3NO2/c9-8(10,11)7(13)5-12-4-6-2-1-3-14-6/h6-7,12-13H,1-5H2/t6-,7-/m0/s1. The van der Waals surface area contributed by atoms with Crippen LogP contribution in [0.3, 0.4) is 0 Å². The summed E-state index contributed by atoms with van der Waals surface area (Å²) in [7, 11) is 0. The first-order valence-corrected chi connectivity index (χ1v) is 4.57. The zero-order chi connectivity index (χ0) is 10.6. The monoisotopic (exact) mass is 213 g/mol. The number of ether oxygens (including phenoxy) is 1. The van der Waals surface area contributed by atoms with E-state index >= 15 is 0 Å².